The Morgan fingerprint density at radius 1 is 0.237 bits per heavy atom. The van der Waals surface area contributed by atoms with Gasteiger partial charge in [-0.05, 0) is 140 Å². The van der Waals surface area contributed by atoms with E-state index in [1.807, 2.05) is 72.8 Å². The van der Waals surface area contributed by atoms with Crippen LogP contribution in [0.1, 0.15) is 22.3 Å². The summed E-state index contributed by atoms with van der Waals surface area (Å²) in [6, 6.07) is 92.1. The van der Waals surface area contributed by atoms with E-state index in [1.165, 1.54) is 0 Å². The van der Waals surface area contributed by atoms with Crippen LogP contribution in [0.3, 0.4) is 0 Å². The van der Waals surface area contributed by atoms with E-state index in [9.17, 15) is 21.0 Å². The molecule has 0 bridgehead atoms. The zero-order valence-corrected chi connectivity index (χ0v) is 40.8. The van der Waals surface area contributed by atoms with Crippen molar-refractivity contribution < 1.29 is 0 Å². The van der Waals surface area contributed by atoms with Gasteiger partial charge in [-0.15, -0.1) is 0 Å². The van der Waals surface area contributed by atoms with E-state index in [4.69, 9.17) is 0 Å². The summed E-state index contributed by atoms with van der Waals surface area (Å²) < 4.78 is 4.63. The van der Waals surface area contributed by atoms with Crippen LogP contribution < -0.4 is 0 Å². The molecule has 0 aliphatic heterocycles. The van der Waals surface area contributed by atoms with Gasteiger partial charge in [0.25, 0.3) is 0 Å². The summed E-state index contributed by atoms with van der Waals surface area (Å²) in [4.78, 5) is 0. The van der Waals surface area contributed by atoms with E-state index >= 15 is 0 Å². The third-order valence-corrected chi connectivity index (χ3v) is 14.6. The largest absolute Gasteiger partial charge is 0.309 e. The molecule has 0 unspecified atom stereocenters. The second-order valence-electron chi connectivity index (χ2n) is 18.9. The summed E-state index contributed by atoms with van der Waals surface area (Å²) in [7, 11) is 0. The monoisotopic (exact) mass is 964 g/mol. The van der Waals surface area contributed by atoms with Gasteiger partial charge in [0.15, 0.2) is 0 Å². The normalized spacial score (nSPS) is 11.1. The van der Waals surface area contributed by atoms with Crippen LogP contribution in [0.15, 0.2) is 243 Å². The second-order valence-corrected chi connectivity index (χ2v) is 18.9. The number of aromatic nitrogens is 2. The zero-order valence-electron chi connectivity index (χ0n) is 40.8. The lowest BCUT2D eigenvalue weighted by atomic mass is 9.85. The molecule has 11 aromatic carbocycles. The predicted molar refractivity (Wildman–Crippen MR) is 307 cm³/mol. The summed E-state index contributed by atoms with van der Waals surface area (Å²) in [6.07, 6.45) is 0. The van der Waals surface area contributed by atoms with Gasteiger partial charge >= 0.3 is 0 Å². The number of rotatable bonds is 8. The smallest absolute Gasteiger partial charge is 0.0991 e. The molecule has 0 aliphatic carbocycles. The molecule has 6 heteroatoms. The van der Waals surface area contributed by atoms with E-state index in [0.717, 1.165) is 122 Å². The molecule has 0 amide bonds. The van der Waals surface area contributed by atoms with Gasteiger partial charge in [0.1, 0.15) is 0 Å². The number of para-hydroxylation sites is 2. The Morgan fingerprint density at radius 2 is 0.566 bits per heavy atom. The maximum atomic E-state index is 10.2. The lowest BCUT2D eigenvalue weighted by molar-refractivity contribution is 1.14. The summed E-state index contributed by atoms with van der Waals surface area (Å²) in [6.45, 7) is 0. The van der Waals surface area contributed by atoms with Crippen molar-refractivity contribution in [3.8, 4) is 103 Å². The van der Waals surface area contributed by atoms with Crippen molar-refractivity contribution in [3.05, 3.63) is 265 Å². The molecule has 0 N–H and O–H groups in total. The van der Waals surface area contributed by atoms with Crippen molar-refractivity contribution >= 4 is 43.4 Å². The van der Waals surface area contributed by atoms with Crippen molar-refractivity contribution in [2.45, 2.75) is 0 Å². The Kier molecular flexibility index (Phi) is 11.0. The third-order valence-electron chi connectivity index (χ3n) is 14.6. The van der Waals surface area contributed by atoms with Crippen LogP contribution >= 0.6 is 0 Å². The Hall–Kier alpha value is -11.0. The highest BCUT2D eigenvalue weighted by atomic mass is 15.0. The first kappa shape index (κ1) is 44.9. The molecule has 0 atom stereocenters. The van der Waals surface area contributed by atoms with Gasteiger partial charge < -0.3 is 9.13 Å². The first-order valence-electron chi connectivity index (χ1n) is 25.0. The van der Waals surface area contributed by atoms with Crippen LogP contribution in [0, 0.1) is 45.3 Å². The van der Waals surface area contributed by atoms with Crippen LogP contribution in [-0.2, 0) is 0 Å². The van der Waals surface area contributed by atoms with Crippen LogP contribution in [-0.4, -0.2) is 9.13 Å². The summed E-state index contributed by atoms with van der Waals surface area (Å²) >= 11 is 0. The molecule has 76 heavy (non-hydrogen) atoms. The van der Waals surface area contributed by atoms with Crippen molar-refractivity contribution in [1.82, 2.24) is 9.13 Å². The molecule has 6 nitrogen and oxygen atoms in total. The molecule has 2 heterocycles. The number of fused-ring (bicyclic) bond motifs is 4. The molecule has 0 radical (unpaired) electrons. The quantitative estimate of drug-likeness (QED) is 0.141. The minimum atomic E-state index is 0.550. The SMILES string of the molecule is N#Cc1cccc(-c2c(-c3cccc(C#N)c3)n(-c3ccc4c(-c5ccccc5)c5cc(-n6c(-c7cccc(C#N)c7)c(-c7cccc(C#N)c7)c7ccccc76)ccc5c(-c5ccccc5)c4c3)c3ccccc23)c1. The topological polar surface area (TPSA) is 105 Å². The number of nitriles is 4. The van der Waals surface area contributed by atoms with Gasteiger partial charge in [-0.1, -0.05) is 158 Å². The standard InChI is InChI=1S/C70H40N6/c71-41-45-15-11-23-51(35-45)67-59-27-7-9-29-63(59)75(69(67)53-25-13-17-47(37-53)43-73)55-32-34-58-61(39-55)65(49-19-3-1-4-20-49)57-33-31-56(40-62(57)66(58)50-21-5-2-6-22-50)76-64-30-10-8-28-60(64)68(52-24-12-16-46(36-52)42-72)70(76)54-26-14-18-48(38-54)44-74/h1-40H. The van der Waals surface area contributed by atoms with Gasteiger partial charge in [-0.2, -0.15) is 21.0 Å². The molecule has 0 saturated carbocycles. The highest BCUT2D eigenvalue weighted by Crippen LogP contribution is 2.49. The van der Waals surface area contributed by atoms with Crippen LogP contribution in [0.25, 0.3) is 122 Å². The average molecular weight is 965 g/mol. The molecule has 0 saturated heterocycles. The van der Waals surface area contributed by atoms with E-state index in [1.54, 1.807) is 0 Å². The van der Waals surface area contributed by atoms with Gasteiger partial charge in [0.05, 0.1) is 69.0 Å². The minimum absolute atomic E-state index is 0.550. The molecule has 0 aliphatic rings. The highest BCUT2D eigenvalue weighted by Gasteiger charge is 2.26. The predicted octanol–water partition coefficient (Wildman–Crippen LogP) is 17.4. The molecule has 13 rings (SSSR count). The first-order chi connectivity index (χ1) is 37.5. The summed E-state index contributed by atoms with van der Waals surface area (Å²) in [5.41, 5.74) is 17.7. The lowest BCUT2D eigenvalue weighted by Crippen LogP contribution is -2.01. The summed E-state index contributed by atoms with van der Waals surface area (Å²) in [5.74, 6) is 0. The average Bonchev–Trinajstić information content (AvgIpc) is 4.03. The molecule has 350 valence electrons. The van der Waals surface area contributed by atoms with Crippen LogP contribution in [0.2, 0.25) is 0 Å². The Bertz CT molecular complexity index is 4380. The Balaban J connectivity index is 1.15. The van der Waals surface area contributed by atoms with Crippen molar-refractivity contribution in [3.63, 3.8) is 0 Å². The van der Waals surface area contributed by atoms with Crippen molar-refractivity contribution in [1.29, 1.82) is 21.0 Å². The fourth-order valence-corrected chi connectivity index (χ4v) is 11.4. The minimum Gasteiger partial charge on any atom is -0.309 e. The first-order valence-corrected chi connectivity index (χ1v) is 25.0. The molecule has 0 spiro atoms. The van der Waals surface area contributed by atoms with Gasteiger partial charge in [0, 0.05) is 44.4 Å². The number of hydrogen-bond acceptors (Lipinski definition) is 4. The fraction of sp³-hybridized carbons (Fsp3) is 0. The Morgan fingerprint density at radius 3 is 0.947 bits per heavy atom. The lowest BCUT2D eigenvalue weighted by Gasteiger charge is -2.21. The van der Waals surface area contributed by atoms with Crippen LogP contribution in [0.5, 0.6) is 0 Å². The maximum Gasteiger partial charge on any atom is 0.0991 e. The number of benzene rings is 11. The van der Waals surface area contributed by atoms with E-state index in [2.05, 4.69) is 203 Å². The van der Waals surface area contributed by atoms with Gasteiger partial charge in [-0.25, -0.2) is 0 Å². The zero-order chi connectivity index (χ0) is 51.3. The van der Waals surface area contributed by atoms with Crippen molar-refractivity contribution in [2.24, 2.45) is 0 Å². The fourth-order valence-electron chi connectivity index (χ4n) is 11.4. The van der Waals surface area contributed by atoms with E-state index < -0.39 is 0 Å². The maximum absolute atomic E-state index is 10.2. The van der Waals surface area contributed by atoms with E-state index in [-0.39, 0.29) is 0 Å². The second kappa shape index (κ2) is 18.5. The number of nitrogens with zero attached hydrogens (tertiary/aromatic N) is 6. The molecule has 0 fully saturated rings. The third kappa shape index (κ3) is 7.39. The molecule has 13 aromatic rings. The van der Waals surface area contributed by atoms with Gasteiger partial charge in [0.2, 0.25) is 0 Å². The molecular weight excluding hydrogens is 925 g/mol. The molecule has 2 aromatic heterocycles. The van der Waals surface area contributed by atoms with Crippen molar-refractivity contribution in [2.75, 3.05) is 0 Å². The summed E-state index contributed by atoms with van der Waals surface area (Å²) in [5, 5.41) is 46.9. The highest BCUT2D eigenvalue weighted by molar-refractivity contribution is 6.22. The molecular formula is C70H40N6. The Labute approximate surface area is 438 Å². The van der Waals surface area contributed by atoms with Crippen LogP contribution in [0.4, 0.5) is 0 Å². The van der Waals surface area contributed by atoms with E-state index in [0.29, 0.717) is 22.3 Å². The van der Waals surface area contributed by atoms with Gasteiger partial charge in [-0.3, -0.25) is 0 Å². The number of hydrogen-bond donors (Lipinski definition) is 0.